The Labute approximate surface area is 248 Å². The molecule has 0 spiro atoms. The van der Waals surface area contributed by atoms with Crippen molar-refractivity contribution in [1.29, 1.82) is 0 Å². The molecule has 0 bridgehead atoms. The van der Waals surface area contributed by atoms with Crippen LogP contribution in [-0.2, 0) is 30.2 Å². The summed E-state index contributed by atoms with van der Waals surface area (Å²) < 4.78 is 31.9. The monoisotopic (exact) mass is 597 g/mol. The van der Waals surface area contributed by atoms with Crippen LogP contribution in [0, 0.1) is 0 Å². The van der Waals surface area contributed by atoms with E-state index < -0.39 is 52.9 Å². The standard InChI is InChI=1S/C30H47NO11/c1-11-27(5,6)40-24(34)37-19(4)17-30(31,23(32)33)18-20-14-15-21(38-25(35)41-28(7,8)12-2)22(16-20)39-26(36)42-29(9,10)13-3/h14-16,19H,11-13,17-18,31H2,1-10H3,(H,32,33)/t19-,30?/m0/s1. The van der Waals surface area contributed by atoms with Crippen molar-refractivity contribution >= 4 is 24.4 Å². The van der Waals surface area contributed by atoms with E-state index in [2.05, 4.69) is 0 Å². The van der Waals surface area contributed by atoms with Crippen LogP contribution in [0.15, 0.2) is 18.2 Å². The molecule has 1 aromatic carbocycles. The number of ether oxygens (including phenoxy) is 6. The van der Waals surface area contributed by atoms with Crippen LogP contribution in [0.5, 0.6) is 11.5 Å². The Hall–Kier alpha value is -3.54. The lowest BCUT2D eigenvalue weighted by atomic mass is 9.86. The molecule has 2 atom stereocenters. The average Bonchev–Trinajstić information content (AvgIpc) is 2.84. The first-order chi connectivity index (χ1) is 19.2. The van der Waals surface area contributed by atoms with E-state index in [-0.39, 0.29) is 24.3 Å². The fraction of sp³-hybridized carbons (Fsp3) is 0.667. The number of carbonyl (C=O) groups is 4. The molecule has 0 saturated carbocycles. The number of carbonyl (C=O) groups excluding carboxylic acids is 3. The molecule has 1 aromatic rings. The third-order valence-corrected chi connectivity index (χ3v) is 6.92. The maximum atomic E-state index is 12.6. The van der Waals surface area contributed by atoms with Crippen LogP contribution < -0.4 is 15.2 Å². The molecule has 0 fully saturated rings. The minimum atomic E-state index is -1.89. The SMILES string of the molecule is CCC(C)(C)OC(=O)Oc1ccc(CC(N)(C[C@H](C)OC(=O)OC(C)(C)CC)C(=O)O)cc1OC(=O)OC(C)(C)CC. The van der Waals surface area contributed by atoms with E-state index in [1.165, 1.54) is 25.1 Å². The summed E-state index contributed by atoms with van der Waals surface area (Å²) >= 11 is 0. The van der Waals surface area contributed by atoms with Crippen LogP contribution in [-0.4, -0.2) is 58.0 Å². The average molecular weight is 598 g/mol. The zero-order valence-electron chi connectivity index (χ0n) is 26.5. The second kappa shape index (κ2) is 14.6. The van der Waals surface area contributed by atoms with Crippen molar-refractivity contribution in [3.8, 4) is 11.5 Å². The molecule has 0 aliphatic carbocycles. The van der Waals surface area contributed by atoms with Gasteiger partial charge in [-0.1, -0.05) is 26.8 Å². The van der Waals surface area contributed by atoms with Crippen molar-refractivity contribution in [2.24, 2.45) is 5.73 Å². The Morgan fingerprint density at radius 3 is 1.62 bits per heavy atom. The summed E-state index contributed by atoms with van der Waals surface area (Å²) in [5, 5.41) is 9.99. The first kappa shape index (κ1) is 36.5. The van der Waals surface area contributed by atoms with Gasteiger partial charge in [0.2, 0.25) is 0 Å². The first-order valence-corrected chi connectivity index (χ1v) is 14.0. The van der Waals surface area contributed by atoms with Crippen molar-refractivity contribution in [2.45, 2.75) is 130 Å². The Balaban J connectivity index is 3.27. The third kappa shape index (κ3) is 12.1. The maximum absolute atomic E-state index is 12.6. The summed E-state index contributed by atoms with van der Waals surface area (Å²) in [6.07, 6.45) is -2.88. The number of aliphatic carboxylic acids is 1. The zero-order chi connectivity index (χ0) is 32.5. The van der Waals surface area contributed by atoms with Crippen LogP contribution in [0.25, 0.3) is 0 Å². The van der Waals surface area contributed by atoms with E-state index in [0.29, 0.717) is 24.8 Å². The normalized spacial score (nSPS) is 14.2. The van der Waals surface area contributed by atoms with Gasteiger partial charge in [-0.05, 0) is 85.4 Å². The predicted molar refractivity (Wildman–Crippen MR) is 154 cm³/mol. The molecule has 0 aromatic heterocycles. The molecule has 1 rings (SSSR count). The quantitative estimate of drug-likeness (QED) is 0.135. The summed E-state index contributed by atoms with van der Waals surface area (Å²) in [6.45, 7) is 17.3. The van der Waals surface area contributed by atoms with Crippen LogP contribution in [0.1, 0.15) is 100 Å². The predicted octanol–water partition coefficient (Wildman–Crippen LogP) is 6.54. The van der Waals surface area contributed by atoms with Crippen molar-refractivity contribution in [3.05, 3.63) is 23.8 Å². The highest BCUT2D eigenvalue weighted by Gasteiger charge is 2.38. The van der Waals surface area contributed by atoms with Crippen molar-refractivity contribution < 1.29 is 52.7 Å². The molecule has 0 aliphatic heterocycles. The number of carboxylic acid groups (broad SMARTS) is 1. The van der Waals surface area contributed by atoms with Gasteiger partial charge in [0.15, 0.2) is 11.5 Å². The van der Waals surface area contributed by atoms with Crippen molar-refractivity contribution in [3.63, 3.8) is 0 Å². The lowest BCUT2D eigenvalue weighted by Crippen LogP contribution is -2.52. The van der Waals surface area contributed by atoms with Crippen LogP contribution >= 0.6 is 0 Å². The molecule has 0 saturated heterocycles. The molecule has 12 heteroatoms. The second-order valence-corrected chi connectivity index (χ2v) is 12.2. The number of rotatable bonds is 14. The van der Waals surface area contributed by atoms with E-state index >= 15 is 0 Å². The fourth-order valence-electron chi connectivity index (χ4n) is 3.28. The summed E-state index contributed by atoms with van der Waals surface area (Å²) in [7, 11) is 0. The lowest BCUT2D eigenvalue weighted by Gasteiger charge is -2.29. The van der Waals surface area contributed by atoms with Gasteiger partial charge < -0.3 is 39.3 Å². The Bertz CT molecular complexity index is 1110. The van der Waals surface area contributed by atoms with E-state index in [1.807, 2.05) is 20.8 Å². The number of nitrogens with two attached hydrogens (primary N) is 1. The van der Waals surface area contributed by atoms with E-state index in [1.54, 1.807) is 41.5 Å². The highest BCUT2D eigenvalue weighted by Crippen LogP contribution is 2.32. The molecular weight excluding hydrogens is 550 g/mol. The smallest absolute Gasteiger partial charge is 0.480 e. The molecule has 1 unspecified atom stereocenters. The molecule has 0 radical (unpaired) electrons. The van der Waals surface area contributed by atoms with Gasteiger partial charge in [0, 0.05) is 12.8 Å². The van der Waals surface area contributed by atoms with E-state index in [9.17, 15) is 24.3 Å². The molecule has 3 N–H and O–H groups in total. The van der Waals surface area contributed by atoms with Gasteiger partial charge in [0.25, 0.3) is 0 Å². The van der Waals surface area contributed by atoms with Crippen molar-refractivity contribution in [1.82, 2.24) is 0 Å². The molecule has 0 aliphatic rings. The molecule has 0 heterocycles. The fourth-order valence-corrected chi connectivity index (χ4v) is 3.28. The number of hydrogen-bond donors (Lipinski definition) is 2. The number of carboxylic acids is 1. The molecular formula is C30H47NO11. The second-order valence-electron chi connectivity index (χ2n) is 12.2. The first-order valence-electron chi connectivity index (χ1n) is 14.0. The Morgan fingerprint density at radius 2 is 1.19 bits per heavy atom. The van der Waals surface area contributed by atoms with E-state index in [0.717, 1.165) is 0 Å². The van der Waals surface area contributed by atoms with Gasteiger partial charge in [0.05, 0.1) is 0 Å². The lowest BCUT2D eigenvalue weighted by molar-refractivity contribution is -0.145. The van der Waals surface area contributed by atoms with Crippen LogP contribution in [0.4, 0.5) is 14.4 Å². The van der Waals surface area contributed by atoms with Crippen LogP contribution in [0.3, 0.4) is 0 Å². The summed E-state index contributed by atoms with van der Waals surface area (Å²) in [5.74, 6) is -1.71. The number of hydrogen-bond acceptors (Lipinski definition) is 11. The number of benzene rings is 1. The highest BCUT2D eigenvalue weighted by atomic mass is 16.8. The zero-order valence-corrected chi connectivity index (χ0v) is 26.5. The molecule has 0 amide bonds. The van der Waals surface area contributed by atoms with Gasteiger partial charge in [-0.15, -0.1) is 0 Å². The Kier molecular flexibility index (Phi) is 12.7. The molecule has 238 valence electrons. The summed E-state index contributed by atoms with van der Waals surface area (Å²) in [4.78, 5) is 49.5. The molecule has 12 nitrogen and oxygen atoms in total. The van der Waals surface area contributed by atoms with Gasteiger partial charge in [-0.25, -0.2) is 14.4 Å². The summed E-state index contributed by atoms with van der Waals surface area (Å²) in [6, 6.07) is 4.12. The maximum Gasteiger partial charge on any atom is 0.514 e. The van der Waals surface area contributed by atoms with Gasteiger partial charge in [-0.2, -0.15) is 0 Å². The molecule has 42 heavy (non-hydrogen) atoms. The van der Waals surface area contributed by atoms with Gasteiger partial charge >= 0.3 is 24.4 Å². The van der Waals surface area contributed by atoms with Crippen molar-refractivity contribution in [2.75, 3.05) is 0 Å². The van der Waals surface area contributed by atoms with Crippen LogP contribution in [0.2, 0.25) is 0 Å². The topological polar surface area (TPSA) is 170 Å². The summed E-state index contributed by atoms with van der Waals surface area (Å²) in [5.41, 5.74) is 2.33. The van der Waals surface area contributed by atoms with E-state index in [4.69, 9.17) is 34.2 Å². The highest BCUT2D eigenvalue weighted by molar-refractivity contribution is 5.79. The third-order valence-electron chi connectivity index (χ3n) is 6.92. The Morgan fingerprint density at radius 1 is 0.762 bits per heavy atom. The van der Waals surface area contributed by atoms with Gasteiger partial charge in [0.1, 0.15) is 28.4 Å². The van der Waals surface area contributed by atoms with Gasteiger partial charge in [-0.3, -0.25) is 4.79 Å². The minimum absolute atomic E-state index is 0.155. The largest absolute Gasteiger partial charge is 0.514 e. The minimum Gasteiger partial charge on any atom is -0.480 e.